The van der Waals surface area contributed by atoms with Crippen molar-refractivity contribution in [3.05, 3.63) is 145 Å². The summed E-state index contributed by atoms with van der Waals surface area (Å²) in [6.07, 6.45) is 6.29. The summed E-state index contributed by atoms with van der Waals surface area (Å²) in [5.74, 6) is 0.490. The lowest BCUT2D eigenvalue weighted by atomic mass is 9.84. The number of pyridine rings is 2. The lowest BCUT2D eigenvalue weighted by Gasteiger charge is -2.23. The molecular weight excluding hydrogens is 544 g/mol. The van der Waals surface area contributed by atoms with Crippen molar-refractivity contribution in [1.82, 2.24) is 9.97 Å². The molecule has 1 saturated carbocycles. The minimum atomic E-state index is 0.490. The molecule has 218 valence electrons. The SMILES string of the molecule is Cc1ccc2ccc3c(-c4cc(-c5ccccc5)cc(-c5ccc(-c6ccccc6)cc5)c4)cc(C4CCCCC4)nc3c2n1. The van der Waals surface area contributed by atoms with Crippen molar-refractivity contribution < 1.29 is 0 Å². The maximum atomic E-state index is 5.39. The van der Waals surface area contributed by atoms with E-state index in [9.17, 15) is 0 Å². The molecule has 5 aromatic carbocycles. The normalized spacial score (nSPS) is 13.8. The number of rotatable bonds is 5. The van der Waals surface area contributed by atoms with Gasteiger partial charge in [-0.2, -0.15) is 0 Å². The Hall–Kier alpha value is -5.08. The topological polar surface area (TPSA) is 25.8 Å². The highest BCUT2D eigenvalue weighted by atomic mass is 14.8. The Labute approximate surface area is 265 Å². The molecule has 2 heteroatoms. The van der Waals surface area contributed by atoms with Gasteiger partial charge in [-0.25, -0.2) is 0 Å². The molecule has 0 saturated heterocycles. The van der Waals surface area contributed by atoms with Crippen LogP contribution in [0.15, 0.2) is 133 Å². The van der Waals surface area contributed by atoms with Crippen LogP contribution in [-0.4, -0.2) is 9.97 Å². The van der Waals surface area contributed by atoms with Crippen LogP contribution in [-0.2, 0) is 0 Å². The van der Waals surface area contributed by atoms with Crippen molar-refractivity contribution in [1.29, 1.82) is 0 Å². The Morgan fingerprint density at radius 3 is 1.69 bits per heavy atom. The van der Waals surface area contributed by atoms with E-state index in [1.165, 1.54) is 82.3 Å². The van der Waals surface area contributed by atoms with Crippen LogP contribution in [0.4, 0.5) is 0 Å². The number of benzene rings is 5. The third kappa shape index (κ3) is 5.42. The van der Waals surface area contributed by atoms with Crippen LogP contribution in [0, 0.1) is 6.92 Å². The van der Waals surface area contributed by atoms with Gasteiger partial charge in [0.05, 0.1) is 11.0 Å². The van der Waals surface area contributed by atoms with Gasteiger partial charge in [0.15, 0.2) is 0 Å². The predicted octanol–water partition coefficient (Wildman–Crippen LogP) is 11.8. The van der Waals surface area contributed by atoms with Gasteiger partial charge >= 0.3 is 0 Å². The molecule has 1 aliphatic carbocycles. The number of aromatic nitrogens is 2. The number of fused-ring (bicyclic) bond motifs is 3. The zero-order chi connectivity index (χ0) is 30.2. The zero-order valence-corrected chi connectivity index (χ0v) is 25.7. The standard InChI is InChI=1S/C43H36N2/c1-29-17-18-35-23-24-39-40(28-41(34-15-9-4-10-16-34)45-43(39)42(35)44-29)38-26-36(31-13-7-3-8-14-31)25-37(27-38)33-21-19-32(20-22-33)30-11-5-2-6-12-30/h2-3,5-8,11-14,17-28,34H,4,9-10,15-16H2,1H3. The van der Waals surface area contributed by atoms with Crippen LogP contribution in [0.2, 0.25) is 0 Å². The second kappa shape index (κ2) is 11.8. The van der Waals surface area contributed by atoms with Crippen LogP contribution in [0.3, 0.4) is 0 Å². The summed E-state index contributed by atoms with van der Waals surface area (Å²) in [5.41, 5.74) is 14.0. The third-order valence-corrected chi connectivity index (χ3v) is 9.50. The third-order valence-electron chi connectivity index (χ3n) is 9.50. The molecule has 0 amide bonds. The Bertz CT molecular complexity index is 2120. The van der Waals surface area contributed by atoms with Gasteiger partial charge < -0.3 is 0 Å². The van der Waals surface area contributed by atoms with Gasteiger partial charge in [0.25, 0.3) is 0 Å². The highest BCUT2D eigenvalue weighted by Crippen LogP contribution is 2.41. The molecule has 45 heavy (non-hydrogen) atoms. The summed E-state index contributed by atoms with van der Waals surface area (Å²) in [5, 5.41) is 2.31. The van der Waals surface area contributed by atoms with Gasteiger partial charge in [0, 0.05) is 28.1 Å². The first kappa shape index (κ1) is 27.5. The van der Waals surface area contributed by atoms with Crippen LogP contribution >= 0.6 is 0 Å². The molecule has 0 aliphatic heterocycles. The molecule has 0 radical (unpaired) electrons. The van der Waals surface area contributed by atoms with E-state index in [0.717, 1.165) is 27.5 Å². The van der Waals surface area contributed by atoms with Crippen LogP contribution < -0.4 is 0 Å². The fourth-order valence-corrected chi connectivity index (χ4v) is 7.07. The molecule has 7 aromatic rings. The molecular formula is C43H36N2. The molecule has 0 atom stereocenters. The second-order valence-corrected chi connectivity index (χ2v) is 12.5. The van der Waals surface area contributed by atoms with E-state index in [-0.39, 0.29) is 0 Å². The molecule has 1 fully saturated rings. The minimum absolute atomic E-state index is 0.490. The van der Waals surface area contributed by atoms with Crippen molar-refractivity contribution in [3.8, 4) is 44.5 Å². The molecule has 2 aromatic heterocycles. The van der Waals surface area contributed by atoms with Crippen molar-refractivity contribution >= 4 is 21.8 Å². The maximum Gasteiger partial charge on any atom is 0.0974 e. The quantitative estimate of drug-likeness (QED) is 0.189. The largest absolute Gasteiger partial charge is 0.251 e. The fourth-order valence-electron chi connectivity index (χ4n) is 7.07. The van der Waals surface area contributed by atoms with E-state index in [4.69, 9.17) is 9.97 Å². The first-order valence-corrected chi connectivity index (χ1v) is 16.3. The Balaban J connectivity index is 1.35. The monoisotopic (exact) mass is 580 g/mol. The minimum Gasteiger partial charge on any atom is -0.251 e. The van der Waals surface area contributed by atoms with Gasteiger partial charge in [-0.3, -0.25) is 9.97 Å². The molecule has 0 N–H and O–H groups in total. The molecule has 2 heterocycles. The number of hydrogen-bond donors (Lipinski definition) is 0. The Kier molecular flexibility index (Phi) is 7.19. The summed E-state index contributed by atoms with van der Waals surface area (Å²) in [7, 11) is 0. The molecule has 8 rings (SSSR count). The van der Waals surface area contributed by atoms with E-state index in [1.54, 1.807) is 0 Å². The molecule has 0 spiro atoms. The summed E-state index contributed by atoms with van der Waals surface area (Å²) in [6.45, 7) is 2.07. The Morgan fingerprint density at radius 2 is 1.02 bits per heavy atom. The van der Waals surface area contributed by atoms with E-state index in [2.05, 4.69) is 140 Å². The maximum absolute atomic E-state index is 5.39. The van der Waals surface area contributed by atoms with E-state index in [1.807, 2.05) is 0 Å². The summed E-state index contributed by atoms with van der Waals surface area (Å²) in [6, 6.07) is 48.6. The van der Waals surface area contributed by atoms with E-state index < -0.39 is 0 Å². The fraction of sp³-hybridized carbons (Fsp3) is 0.163. The summed E-state index contributed by atoms with van der Waals surface area (Å²) < 4.78 is 0. The first-order chi connectivity index (χ1) is 22.2. The van der Waals surface area contributed by atoms with Gasteiger partial charge in [0.1, 0.15) is 0 Å². The van der Waals surface area contributed by atoms with Crippen LogP contribution in [0.25, 0.3) is 66.3 Å². The lowest BCUT2D eigenvalue weighted by molar-refractivity contribution is 0.437. The van der Waals surface area contributed by atoms with Crippen LogP contribution in [0.5, 0.6) is 0 Å². The van der Waals surface area contributed by atoms with Gasteiger partial charge in [0.2, 0.25) is 0 Å². The highest BCUT2D eigenvalue weighted by Gasteiger charge is 2.21. The Morgan fingerprint density at radius 1 is 0.467 bits per heavy atom. The molecule has 0 bridgehead atoms. The van der Waals surface area contributed by atoms with Gasteiger partial charge in [-0.05, 0) is 94.6 Å². The van der Waals surface area contributed by atoms with Crippen LogP contribution in [0.1, 0.15) is 49.4 Å². The number of hydrogen-bond acceptors (Lipinski definition) is 2. The average molecular weight is 581 g/mol. The lowest BCUT2D eigenvalue weighted by Crippen LogP contribution is -2.07. The summed E-state index contributed by atoms with van der Waals surface area (Å²) >= 11 is 0. The van der Waals surface area contributed by atoms with Gasteiger partial charge in [-0.1, -0.05) is 122 Å². The highest BCUT2D eigenvalue weighted by molar-refractivity contribution is 6.08. The molecule has 2 nitrogen and oxygen atoms in total. The summed E-state index contributed by atoms with van der Waals surface area (Å²) in [4.78, 5) is 10.4. The van der Waals surface area contributed by atoms with E-state index >= 15 is 0 Å². The first-order valence-electron chi connectivity index (χ1n) is 16.3. The average Bonchev–Trinajstić information content (AvgIpc) is 3.12. The number of nitrogens with zero attached hydrogens (tertiary/aromatic N) is 2. The number of aryl methyl sites for hydroxylation is 1. The molecule has 0 unspecified atom stereocenters. The molecule has 1 aliphatic rings. The van der Waals surface area contributed by atoms with Crippen molar-refractivity contribution in [2.75, 3.05) is 0 Å². The predicted molar refractivity (Wildman–Crippen MR) is 189 cm³/mol. The zero-order valence-electron chi connectivity index (χ0n) is 25.7. The van der Waals surface area contributed by atoms with Gasteiger partial charge in [-0.15, -0.1) is 0 Å². The smallest absolute Gasteiger partial charge is 0.0974 e. The van der Waals surface area contributed by atoms with Crippen molar-refractivity contribution in [2.24, 2.45) is 0 Å². The second-order valence-electron chi connectivity index (χ2n) is 12.5. The van der Waals surface area contributed by atoms with Crippen molar-refractivity contribution in [2.45, 2.75) is 44.9 Å². The van der Waals surface area contributed by atoms with Crippen molar-refractivity contribution in [3.63, 3.8) is 0 Å². The van der Waals surface area contributed by atoms with E-state index in [0.29, 0.717) is 5.92 Å².